The SMILES string of the molecule is [CH2-]N1CC[C@H](C(=O)OCC)C1. The van der Waals surface area contributed by atoms with Crippen LogP contribution in [-0.2, 0) is 9.53 Å². The molecule has 1 heterocycles. The Bertz CT molecular complexity index is 147. The lowest BCUT2D eigenvalue weighted by Gasteiger charge is -2.15. The maximum Gasteiger partial charge on any atom is 0.310 e. The zero-order valence-corrected chi connectivity index (χ0v) is 6.88. The van der Waals surface area contributed by atoms with Gasteiger partial charge in [0, 0.05) is 0 Å². The summed E-state index contributed by atoms with van der Waals surface area (Å²) in [5, 5.41) is 0. The van der Waals surface area contributed by atoms with Crippen LogP contribution in [-0.4, -0.2) is 30.6 Å². The van der Waals surface area contributed by atoms with Crippen LogP contribution in [0.2, 0.25) is 0 Å². The molecule has 64 valence electrons. The van der Waals surface area contributed by atoms with Crippen molar-refractivity contribution in [1.82, 2.24) is 4.90 Å². The lowest BCUT2D eigenvalue weighted by atomic mass is 10.1. The molecule has 3 nitrogen and oxygen atoms in total. The second-order valence-corrected chi connectivity index (χ2v) is 2.81. The number of esters is 1. The maximum atomic E-state index is 11.1. The van der Waals surface area contributed by atoms with Crippen LogP contribution in [0, 0.1) is 13.0 Å². The van der Waals surface area contributed by atoms with Crippen molar-refractivity contribution in [3.05, 3.63) is 7.05 Å². The van der Waals surface area contributed by atoms with E-state index in [1.54, 1.807) is 0 Å². The number of carbonyl (C=O) groups is 1. The molecule has 0 aromatic carbocycles. The maximum absolute atomic E-state index is 11.1. The number of likely N-dealkylation sites (tertiary alicyclic amines) is 1. The molecule has 0 radical (unpaired) electrons. The van der Waals surface area contributed by atoms with Gasteiger partial charge in [-0.05, 0) is 26.4 Å². The summed E-state index contributed by atoms with van der Waals surface area (Å²) >= 11 is 0. The summed E-state index contributed by atoms with van der Waals surface area (Å²) in [6.07, 6.45) is 0.891. The van der Waals surface area contributed by atoms with E-state index < -0.39 is 0 Å². The minimum absolute atomic E-state index is 0.0625. The number of hydrogen-bond acceptors (Lipinski definition) is 3. The van der Waals surface area contributed by atoms with Gasteiger partial charge >= 0.3 is 5.97 Å². The summed E-state index contributed by atoms with van der Waals surface area (Å²) in [4.78, 5) is 13.0. The van der Waals surface area contributed by atoms with Crippen LogP contribution in [0.4, 0.5) is 0 Å². The highest BCUT2D eigenvalue weighted by atomic mass is 16.5. The molecular formula is C8H14NO2-. The van der Waals surface area contributed by atoms with Gasteiger partial charge in [0.2, 0.25) is 0 Å². The third kappa shape index (κ3) is 2.19. The van der Waals surface area contributed by atoms with Gasteiger partial charge < -0.3 is 9.64 Å². The van der Waals surface area contributed by atoms with Gasteiger partial charge in [-0.3, -0.25) is 11.8 Å². The Hall–Kier alpha value is -0.570. The molecule has 0 aromatic rings. The molecule has 1 fully saturated rings. The van der Waals surface area contributed by atoms with Crippen molar-refractivity contribution < 1.29 is 9.53 Å². The van der Waals surface area contributed by atoms with Gasteiger partial charge in [-0.1, -0.05) is 0 Å². The van der Waals surface area contributed by atoms with E-state index in [0.29, 0.717) is 6.61 Å². The van der Waals surface area contributed by atoms with E-state index in [1.165, 1.54) is 0 Å². The molecule has 1 aliphatic heterocycles. The molecule has 0 unspecified atom stereocenters. The molecule has 1 aliphatic rings. The van der Waals surface area contributed by atoms with Gasteiger partial charge in [-0.2, -0.15) is 0 Å². The topological polar surface area (TPSA) is 29.5 Å². The van der Waals surface area contributed by atoms with E-state index in [4.69, 9.17) is 4.74 Å². The highest BCUT2D eigenvalue weighted by molar-refractivity contribution is 5.73. The molecule has 1 rings (SSSR count). The fourth-order valence-corrected chi connectivity index (χ4v) is 1.29. The molecule has 3 heteroatoms. The molecule has 0 aliphatic carbocycles. The molecule has 0 spiro atoms. The monoisotopic (exact) mass is 156 g/mol. The minimum atomic E-state index is -0.0707. The van der Waals surface area contributed by atoms with Crippen LogP contribution in [0.3, 0.4) is 0 Å². The Morgan fingerprint density at radius 2 is 2.55 bits per heavy atom. The zero-order valence-electron chi connectivity index (χ0n) is 6.88. The molecule has 0 amide bonds. The van der Waals surface area contributed by atoms with Crippen molar-refractivity contribution in [3.8, 4) is 0 Å². The van der Waals surface area contributed by atoms with E-state index in [1.807, 2.05) is 11.8 Å². The van der Waals surface area contributed by atoms with E-state index in [0.717, 1.165) is 19.5 Å². The quantitative estimate of drug-likeness (QED) is 0.434. The van der Waals surface area contributed by atoms with Crippen LogP contribution < -0.4 is 0 Å². The minimum Gasteiger partial charge on any atom is -0.466 e. The van der Waals surface area contributed by atoms with E-state index in [9.17, 15) is 4.79 Å². The molecule has 0 saturated carbocycles. The average molecular weight is 156 g/mol. The fraction of sp³-hybridized carbons (Fsp3) is 0.750. The van der Waals surface area contributed by atoms with Gasteiger partial charge in [0.05, 0.1) is 12.5 Å². The summed E-state index contributed by atoms with van der Waals surface area (Å²) in [7, 11) is 3.76. The standard InChI is InChI=1S/C8H14NO2/c1-3-11-8(10)7-4-5-9(2)6-7/h7H,2-6H2,1H3/q-1/t7-/m0/s1. The van der Waals surface area contributed by atoms with Crippen molar-refractivity contribution in [2.24, 2.45) is 5.92 Å². The largest absolute Gasteiger partial charge is 0.466 e. The first kappa shape index (κ1) is 8.53. The summed E-state index contributed by atoms with van der Waals surface area (Å²) in [6.45, 7) is 3.96. The predicted octanol–water partition coefficient (Wildman–Crippen LogP) is 0.663. The molecule has 1 atom stereocenters. The van der Waals surface area contributed by atoms with Crippen LogP contribution in [0.15, 0.2) is 0 Å². The van der Waals surface area contributed by atoms with Crippen molar-refractivity contribution in [2.45, 2.75) is 13.3 Å². The van der Waals surface area contributed by atoms with Crippen molar-refractivity contribution in [2.75, 3.05) is 19.7 Å². The second kappa shape index (κ2) is 3.72. The summed E-state index contributed by atoms with van der Waals surface area (Å²) in [5.74, 6) is -0.00824. The van der Waals surface area contributed by atoms with E-state index >= 15 is 0 Å². The number of carbonyl (C=O) groups excluding carboxylic acids is 1. The number of nitrogens with zero attached hydrogens (tertiary/aromatic N) is 1. The first-order chi connectivity index (χ1) is 5.24. The first-order valence-corrected chi connectivity index (χ1v) is 3.96. The van der Waals surface area contributed by atoms with Gasteiger partial charge in [0.1, 0.15) is 0 Å². The highest BCUT2D eigenvalue weighted by Crippen LogP contribution is 2.15. The average Bonchev–Trinajstić information content (AvgIpc) is 2.36. The normalized spacial score (nSPS) is 25.5. The van der Waals surface area contributed by atoms with Crippen molar-refractivity contribution in [1.29, 1.82) is 0 Å². The van der Waals surface area contributed by atoms with Crippen molar-refractivity contribution >= 4 is 5.97 Å². The highest BCUT2D eigenvalue weighted by Gasteiger charge is 2.24. The Kier molecular flexibility index (Phi) is 2.88. The number of hydrogen-bond donors (Lipinski definition) is 0. The molecule has 1 saturated heterocycles. The van der Waals surface area contributed by atoms with Crippen molar-refractivity contribution in [3.63, 3.8) is 0 Å². The Morgan fingerprint density at radius 1 is 1.82 bits per heavy atom. The summed E-state index contributed by atoms with van der Waals surface area (Å²) < 4.78 is 4.88. The summed E-state index contributed by atoms with van der Waals surface area (Å²) in [6, 6.07) is 0. The lowest BCUT2D eigenvalue weighted by molar-refractivity contribution is -0.147. The van der Waals surface area contributed by atoms with Crippen LogP contribution >= 0.6 is 0 Å². The van der Waals surface area contributed by atoms with Gasteiger partial charge in [-0.15, -0.1) is 0 Å². The lowest BCUT2D eigenvalue weighted by Crippen LogP contribution is -2.20. The zero-order chi connectivity index (χ0) is 8.27. The van der Waals surface area contributed by atoms with E-state index in [-0.39, 0.29) is 11.9 Å². The summed E-state index contributed by atoms with van der Waals surface area (Å²) in [5.41, 5.74) is 0. The third-order valence-electron chi connectivity index (χ3n) is 1.89. The fourth-order valence-electron chi connectivity index (χ4n) is 1.29. The molecule has 0 aromatic heterocycles. The van der Waals surface area contributed by atoms with Gasteiger partial charge in [0.25, 0.3) is 0 Å². The first-order valence-electron chi connectivity index (χ1n) is 3.96. The molecule has 0 bridgehead atoms. The Morgan fingerprint density at radius 3 is 3.00 bits per heavy atom. The number of rotatable bonds is 2. The van der Waals surface area contributed by atoms with Crippen LogP contribution in [0.25, 0.3) is 0 Å². The van der Waals surface area contributed by atoms with Crippen LogP contribution in [0.5, 0.6) is 0 Å². The molecular weight excluding hydrogens is 142 g/mol. The van der Waals surface area contributed by atoms with E-state index in [2.05, 4.69) is 7.05 Å². The second-order valence-electron chi connectivity index (χ2n) is 2.81. The Balaban J connectivity index is 2.31. The Labute approximate surface area is 67.3 Å². The van der Waals surface area contributed by atoms with Crippen LogP contribution in [0.1, 0.15) is 13.3 Å². The van der Waals surface area contributed by atoms with Gasteiger partial charge in [-0.25, -0.2) is 0 Å². The third-order valence-corrected chi connectivity index (χ3v) is 1.89. The predicted molar refractivity (Wildman–Crippen MR) is 41.7 cm³/mol. The smallest absolute Gasteiger partial charge is 0.310 e. The number of ether oxygens (including phenoxy) is 1. The molecule has 11 heavy (non-hydrogen) atoms. The molecule has 0 N–H and O–H groups in total. The van der Waals surface area contributed by atoms with Gasteiger partial charge in [0.15, 0.2) is 0 Å².